The summed E-state index contributed by atoms with van der Waals surface area (Å²) in [5.41, 5.74) is 1.42. The summed E-state index contributed by atoms with van der Waals surface area (Å²) in [7, 11) is 0. The van der Waals surface area contributed by atoms with Crippen LogP contribution in [0.3, 0.4) is 0 Å². The van der Waals surface area contributed by atoms with E-state index in [2.05, 4.69) is 6.58 Å². The van der Waals surface area contributed by atoms with Crippen LogP contribution in [0.25, 0.3) is 0 Å². The van der Waals surface area contributed by atoms with Crippen molar-refractivity contribution in [2.45, 2.75) is 63.1 Å². The van der Waals surface area contributed by atoms with Crippen molar-refractivity contribution >= 4 is 17.7 Å². The van der Waals surface area contributed by atoms with Gasteiger partial charge in [0.15, 0.2) is 0 Å². The van der Waals surface area contributed by atoms with Gasteiger partial charge in [-0.2, -0.15) is 0 Å². The zero-order chi connectivity index (χ0) is 18.3. The highest BCUT2D eigenvalue weighted by atomic mass is 16.2. The number of imide groups is 1. The molecule has 3 aliphatic rings. The van der Waals surface area contributed by atoms with E-state index in [0.717, 1.165) is 37.7 Å². The molecule has 3 fully saturated rings. The Bertz CT molecular complexity index is 752. The number of piperazine rings is 1. The third kappa shape index (κ3) is 2.75. The first-order valence-corrected chi connectivity index (χ1v) is 9.49. The molecule has 1 aliphatic carbocycles. The monoisotopic (exact) mass is 352 g/mol. The van der Waals surface area contributed by atoms with Gasteiger partial charge in [-0.15, -0.1) is 0 Å². The lowest BCUT2D eigenvalue weighted by molar-refractivity contribution is -0.166. The second-order valence-electron chi connectivity index (χ2n) is 7.58. The fourth-order valence-electron chi connectivity index (χ4n) is 4.58. The van der Waals surface area contributed by atoms with Gasteiger partial charge in [-0.25, -0.2) is 0 Å². The van der Waals surface area contributed by atoms with E-state index >= 15 is 0 Å². The van der Waals surface area contributed by atoms with Crippen LogP contribution < -0.4 is 0 Å². The molecule has 4 rings (SSSR count). The first kappa shape index (κ1) is 17.0. The van der Waals surface area contributed by atoms with Crippen LogP contribution in [0.2, 0.25) is 0 Å². The lowest BCUT2D eigenvalue weighted by Crippen LogP contribution is -2.66. The fraction of sp³-hybridized carbons (Fsp3) is 0.476. The van der Waals surface area contributed by atoms with Crippen molar-refractivity contribution in [1.82, 2.24) is 9.80 Å². The molecule has 0 aromatic heterocycles. The summed E-state index contributed by atoms with van der Waals surface area (Å²) in [4.78, 5) is 42.0. The molecule has 0 spiro atoms. The van der Waals surface area contributed by atoms with Crippen molar-refractivity contribution in [2.24, 2.45) is 0 Å². The van der Waals surface area contributed by atoms with Crippen molar-refractivity contribution in [1.29, 1.82) is 0 Å². The van der Waals surface area contributed by atoms with Crippen LogP contribution in [0, 0.1) is 0 Å². The Kier molecular flexibility index (Phi) is 4.39. The average Bonchev–Trinajstić information content (AvgIpc) is 2.96. The Morgan fingerprint density at radius 1 is 0.962 bits per heavy atom. The van der Waals surface area contributed by atoms with Gasteiger partial charge in [0.2, 0.25) is 0 Å². The molecule has 136 valence electrons. The van der Waals surface area contributed by atoms with E-state index in [1.54, 1.807) is 0 Å². The third-order valence-electron chi connectivity index (χ3n) is 5.90. The summed E-state index contributed by atoms with van der Waals surface area (Å²) in [6.45, 7) is 3.82. The predicted octanol–water partition coefficient (Wildman–Crippen LogP) is 2.46. The van der Waals surface area contributed by atoms with Crippen LogP contribution in [0.4, 0.5) is 0 Å². The highest BCUT2D eigenvalue weighted by molar-refractivity contribution is 6.11. The Morgan fingerprint density at radius 3 is 2.35 bits per heavy atom. The molecule has 1 aromatic rings. The lowest BCUT2D eigenvalue weighted by Gasteiger charge is -2.45. The van der Waals surface area contributed by atoms with Gasteiger partial charge in [-0.1, -0.05) is 56.2 Å². The molecule has 0 radical (unpaired) electrons. The zero-order valence-electron chi connectivity index (χ0n) is 14.9. The fourth-order valence-corrected chi connectivity index (χ4v) is 4.58. The maximum atomic E-state index is 13.3. The maximum absolute atomic E-state index is 13.3. The standard InChI is InChI=1S/C21H24N2O3/c1-14-12-17-20(25)22(16-10-6-3-7-11-16)21(26)18(23(17)19(14)24)13-15-8-4-2-5-9-15/h2,4-5,8-9,16-18H,1,3,6-7,10-13H2/t17-,18-/m0/s1. The molecule has 1 aromatic carbocycles. The SMILES string of the molecule is C=C1C[C@H]2C(=O)N(C3CCCCC3)C(=O)[C@H](Cc3ccccc3)N2C1=O. The summed E-state index contributed by atoms with van der Waals surface area (Å²) in [6, 6.07) is 8.49. The molecule has 2 aliphatic heterocycles. The molecule has 5 nitrogen and oxygen atoms in total. The highest BCUT2D eigenvalue weighted by Crippen LogP contribution is 2.35. The number of benzene rings is 1. The molecule has 26 heavy (non-hydrogen) atoms. The van der Waals surface area contributed by atoms with Gasteiger partial charge in [0.1, 0.15) is 12.1 Å². The summed E-state index contributed by atoms with van der Waals surface area (Å²) >= 11 is 0. The van der Waals surface area contributed by atoms with Gasteiger partial charge >= 0.3 is 0 Å². The summed E-state index contributed by atoms with van der Waals surface area (Å²) in [5.74, 6) is -0.677. The van der Waals surface area contributed by atoms with Gasteiger partial charge in [-0.3, -0.25) is 19.3 Å². The van der Waals surface area contributed by atoms with Crippen LogP contribution in [-0.4, -0.2) is 45.6 Å². The number of hydrogen-bond donors (Lipinski definition) is 0. The maximum Gasteiger partial charge on any atom is 0.252 e. The lowest BCUT2D eigenvalue weighted by atomic mass is 9.90. The minimum atomic E-state index is -0.617. The van der Waals surface area contributed by atoms with E-state index < -0.39 is 12.1 Å². The van der Waals surface area contributed by atoms with Gasteiger partial charge in [-0.05, 0) is 18.4 Å². The van der Waals surface area contributed by atoms with Crippen molar-refractivity contribution in [3.63, 3.8) is 0 Å². The van der Waals surface area contributed by atoms with E-state index in [4.69, 9.17) is 0 Å². The molecule has 0 bridgehead atoms. The van der Waals surface area contributed by atoms with Crippen LogP contribution in [-0.2, 0) is 20.8 Å². The van der Waals surface area contributed by atoms with Crippen LogP contribution in [0.1, 0.15) is 44.1 Å². The molecule has 2 saturated heterocycles. The number of carbonyl (C=O) groups is 3. The second-order valence-corrected chi connectivity index (χ2v) is 7.58. The van der Waals surface area contributed by atoms with Gasteiger partial charge < -0.3 is 4.90 Å². The number of hydrogen-bond acceptors (Lipinski definition) is 3. The van der Waals surface area contributed by atoms with E-state index in [9.17, 15) is 14.4 Å². The first-order valence-electron chi connectivity index (χ1n) is 9.49. The summed E-state index contributed by atoms with van der Waals surface area (Å²) in [5, 5.41) is 0. The van der Waals surface area contributed by atoms with E-state index in [0.29, 0.717) is 18.4 Å². The normalized spacial score (nSPS) is 27.2. The molecule has 0 unspecified atom stereocenters. The Labute approximate surface area is 153 Å². The van der Waals surface area contributed by atoms with Crippen molar-refractivity contribution in [2.75, 3.05) is 0 Å². The van der Waals surface area contributed by atoms with Crippen LogP contribution in [0.5, 0.6) is 0 Å². The molecule has 3 amide bonds. The number of rotatable bonds is 3. The smallest absolute Gasteiger partial charge is 0.252 e. The molecule has 5 heteroatoms. The summed E-state index contributed by atoms with van der Waals surface area (Å²) in [6.07, 6.45) is 5.76. The van der Waals surface area contributed by atoms with Gasteiger partial charge in [0.05, 0.1) is 0 Å². The Morgan fingerprint density at radius 2 is 1.65 bits per heavy atom. The quantitative estimate of drug-likeness (QED) is 0.620. The zero-order valence-corrected chi connectivity index (χ0v) is 14.9. The topological polar surface area (TPSA) is 57.7 Å². The minimum absolute atomic E-state index is 0.0202. The van der Waals surface area contributed by atoms with Crippen molar-refractivity contribution < 1.29 is 14.4 Å². The van der Waals surface area contributed by atoms with Crippen molar-refractivity contribution in [3.05, 3.63) is 48.0 Å². The first-order chi connectivity index (χ1) is 12.6. The van der Waals surface area contributed by atoms with Crippen LogP contribution >= 0.6 is 0 Å². The second kappa shape index (κ2) is 6.71. The highest BCUT2D eigenvalue weighted by Gasteiger charge is 2.54. The van der Waals surface area contributed by atoms with E-state index in [1.165, 1.54) is 9.80 Å². The molecule has 0 N–H and O–H groups in total. The Balaban J connectivity index is 1.69. The number of amides is 3. The molecular weight excluding hydrogens is 328 g/mol. The molecule has 1 saturated carbocycles. The van der Waals surface area contributed by atoms with Crippen molar-refractivity contribution in [3.8, 4) is 0 Å². The predicted molar refractivity (Wildman–Crippen MR) is 97.1 cm³/mol. The Hall–Kier alpha value is -2.43. The molecule has 2 heterocycles. The molecule has 2 atom stereocenters. The average molecular weight is 352 g/mol. The summed E-state index contributed by atoms with van der Waals surface area (Å²) < 4.78 is 0. The number of carbonyl (C=O) groups excluding carboxylic acids is 3. The third-order valence-corrected chi connectivity index (χ3v) is 5.90. The molecular formula is C21H24N2O3. The minimum Gasteiger partial charge on any atom is -0.314 e. The number of fused-ring (bicyclic) bond motifs is 1. The number of nitrogens with zero attached hydrogens (tertiary/aromatic N) is 2. The largest absolute Gasteiger partial charge is 0.314 e. The van der Waals surface area contributed by atoms with Crippen LogP contribution in [0.15, 0.2) is 42.5 Å². The van der Waals surface area contributed by atoms with E-state index in [-0.39, 0.29) is 23.8 Å². The van der Waals surface area contributed by atoms with Gasteiger partial charge in [0.25, 0.3) is 17.7 Å². The van der Waals surface area contributed by atoms with Gasteiger partial charge in [0, 0.05) is 24.5 Å². The van der Waals surface area contributed by atoms with E-state index in [1.807, 2.05) is 30.3 Å².